The van der Waals surface area contributed by atoms with E-state index in [1.807, 2.05) is 0 Å². The van der Waals surface area contributed by atoms with Gasteiger partial charge in [-0.25, -0.2) is 0 Å². The van der Waals surface area contributed by atoms with Gasteiger partial charge < -0.3 is 10.2 Å². The summed E-state index contributed by atoms with van der Waals surface area (Å²) in [5.74, 6) is -1.05. The van der Waals surface area contributed by atoms with Gasteiger partial charge in [-0.15, -0.1) is 0 Å². The maximum absolute atomic E-state index is 12.9. The van der Waals surface area contributed by atoms with Crippen LogP contribution in [0.15, 0.2) is 18.2 Å². The van der Waals surface area contributed by atoms with E-state index in [9.17, 15) is 19.6 Å². The van der Waals surface area contributed by atoms with Crippen molar-refractivity contribution in [2.45, 2.75) is 12.2 Å². The molecule has 0 aliphatic rings. The first kappa shape index (κ1) is 12.0. The van der Waals surface area contributed by atoms with E-state index in [2.05, 4.69) is 0 Å². The Morgan fingerprint density at radius 1 is 1.50 bits per heavy atom. The lowest BCUT2D eigenvalue weighted by Gasteiger charge is -2.11. The Morgan fingerprint density at radius 2 is 2.12 bits per heavy atom. The lowest BCUT2D eigenvalue weighted by Crippen LogP contribution is -2.16. The molecule has 2 unspecified atom stereocenters. The standard InChI is InChI=1S/C9H7FN2O4/c10-6-2-1-5(3-7(6)12(15)16)9(14)8(13)4-11/h1-3,8-9,13-14H. The molecule has 2 N–H and O–H groups in total. The normalized spacial score (nSPS) is 13.9. The smallest absolute Gasteiger partial charge is 0.305 e. The second kappa shape index (κ2) is 4.65. The molecule has 0 fully saturated rings. The summed E-state index contributed by atoms with van der Waals surface area (Å²) in [4.78, 5) is 9.44. The van der Waals surface area contributed by atoms with E-state index >= 15 is 0 Å². The Balaban J connectivity index is 3.13. The van der Waals surface area contributed by atoms with Gasteiger partial charge in [-0.05, 0) is 11.6 Å². The van der Waals surface area contributed by atoms with Gasteiger partial charge in [0, 0.05) is 6.07 Å². The first-order chi connectivity index (χ1) is 7.47. The molecule has 0 aromatic heterocycles. The largest absolute Gasteiger partial charge is 0.385 e. The fraction of sp³-hybridized carbons (Fsp3) is 0.222. The maximum Gasteiger partial charge on any atom is 0.305 e. The fourth-order valence-corrected chi connectivity index (χ4v) is 1.11. The molecule has 6 nitrogen and oxygen atoms in total. The Morgan fingerprint density at radius 3 is 2.62 bits per heavy atom. The zero-order chi connectivity index (χ0) is 12.3. The third kappa shape index (κ3) is 2.31. The van der Waals surface area contributed by atoms with Gasteiger partial charge in [-0.3, -0.25) is 10.1 Å². The first-order valence-electron chi connectivity index (χ1n) is 4.17. The molecule has 0 aliphatic carbocycles. The van der Waals surface area contributed by atoms with Crippen molar-refractivity contribution in [3.63, 3.8) is 0 Å². The van der Waals surface area contributed by atoms with Crippen LogP contribution in [0.5, 0.6) is 0 Å². The monoisotopic (exact) mass is 226 g/mol. The Kier molecular flexibility index (Phi) is 3.50. The summed E-state index contributed by atoms with van der Waals surface area (Å²) < 4.78 is 12.9. The number of aliphatic hydroxyl groups excluding tert-OH is 2. The molecule has 0 saturated carbocycles. The van der Waals surface area contributed by atoms with Crippen LogP contribution in [0.3, 0.4) is 0 Å². The number of hydrogen-bond acceptors (Lipinski definition) is 5. The molecule has 2 atom stereocenters. The van der Waals surface area contributed by atoms with Crippen LogP contribution in [0, 0.1) is 27.3 Å². The van der Waals surface area contributed by atoms with Gasteiger partial charge in [-0.1, -0.05) is 6.07 Å². The minimum atomic E-state index is -1.72. The molecule has 84 valence electrons. The number of nitrogens with zero attached hydrogens (tertiary/aromatic N) is 2. The fourth-order valence-electron chi connectivity index (χ4n) is 1.11. The molecule has 16 heavy (non-hydrogen) atoms. The molecule has 0 radical (unpaired) electrons. The number of rotatable bonds is 3. The van der Waals surface area contributed by atoms with Gasteiger partial charge in [0.15, 0.2) is 6.10 Å². The van der Waals surface area contributed by atoms with Crippen molar-refractivity contribution in [3.05, 3.63) is 39.7 Å². The van der Waals surface area contributed by atoms with E-state index in [0.717, 1.165) is 18.2 Å². The molecule has 0 heterocycles. The van der Waals surface area contributed by atoms with Crippen molar-refractivity contribution in [2.75, 3.05) is 0 Å². The molecule has 0 saturated heterocycles. The minimum Gasteiger partial charge on any atom is -0.385 e. The van der Waals surface area contributed by atoms with Crippen molar-refractivity contribution in [1.82, 2.24) is 0 Å². The second-order valence-corrected chi connectivity index (χ2v) is 2.99. The molecule has 1 rings (SSSR count). The molecule has 0 bridgehead atoms. The second-order valence-electron chi connectivity index (χ2n) is 2.99. The summed E-state index contributed by atoms with van der Waals surface area (Å²) in [5.41, 5.74) is -0.913. The van der Waals surface area contributed by atoms with E-state index < -0.39 is 28.6 Å². The van der Waals surface area contributed by atoms with E-state index in [0.29, 0.717) is 0 Å². The SMILES string of the molecule is N#CC(O)C(O)c1ccc(F)c([N+](=O)[O-])c1. The van der Waals surface area contributed by atoms with Crippen LogP contribution in [-0.2, 0) is 0 Å². The zero-order valence-corrected chi connectivity index (χ0v) is 7.87. The van der Waals surface area contributed by atoms with Crippen LogP contribution in [0.4, 0.5) is 10.1 Å². The summed E-state index contributed by atoms with van der Waals surface area (Å²) in [7, 11) is 0. The molecule has 7 heteroatoms. The van der Waals surface area contributed by atoms with Crippen LogP contribution in [0.2, 0.25) is 0 Å². The highest BCUT2D eigenvalue weighted by atomic mass is 19.1. The average Bonchev–Trinajstić information content (AvgIpc) is 2.27. The van der Waals surface area contributed by atoms with Gasteiger partial charge in [0.25, 0.3) is 0 Å². The molecule has 0 spiro atoms. The highest BCUT2D eigenvalue weighted by Gasteiger charge is 2.22. The average molecular weight is 226 g/mol. The van der Waals surface area contributed by atoms with Gasteiger partial charge in [0.05, 0.1) is 11.0 Å². The van der Waals surface area contributed by atoms with E-state index in [-0.39, 0.29) is 5.56 Å². The minimum absolute atomic E-state index is 0.0952. The highest BCUT2D eigenvalue weighted by Crippen LogP contribution is 2.24. The Hall–Kier alpha value is -2.04. The van der Waals surface area contributed by atoms with Crippen molar-refractivity contribution in [2.24, 2.45) is 0 Å². The maximum atomic E-state index is 12.9. The van der Waals surface area contributed by atoms with Crippen molar-refractivity contribution in [1.29, 1.82) is 5.26 Å². The summed E-state index contributed by atoms with van der Waals surface area (Å²) >= 11 is 0. The highest BCUT2D eigenvalue weighted by molar-refractivity contribution is 5.37. The van der Waals surface area contributed by atoms with Gasteiger partial charge in [0.1, 0.15) is 6.10 Å². The van der Waals surface area contributed by atoms with Crippen LogP contribution >= 0.6 is 0 Å². The predicted octanol–water partition coefficient (Wildman–Crippen LogP) is 0.652. The zero-order valence-electron chi connectivity index (χ0n) is 7.87. The number of nitriles is 1. The van der Waals surface area contributed by atoms with E-state index in [1.165, 1.54) is 6.07 Å². The molecule has 0 aliphatic heterocycles. The quantitative estimate of drug-likeness (QED) is 0.447. The van der Waals surface area contributed by atoms with Crippen molar-refractivity contribution in [3.8, 4) is 6.07 Å². The van der Waals surface area contributed by atoms with Crippen molar-refractivity contribution < 1.29 is 19.5 Å². The third-order valence-electron chi connectivity index (χ3n) is 1.94. The van der Waals surface area contributed by atoms with E-state index in [4.69, 9.17) is 10.4 Å². The number of hydrogen-bond donors (Lipinski definition) is 2. The Labute approximate surface area is 89.3 Å². The van der Waals surface area contributed by atoms with Crippen LogP contribution in [0.1, 0.15) is 11.7 Å². The number of nitro groups is 1. The van der Waals surface area contributed by atoms with Gasteiger partial charge in [-0.2, -0.15) is 9.65 Å². The summed E-state index contributed by atoms with van der Waals surface area (Å²) in [6.07, 6.45) is -3.32. The molecular weight excluding hydrogens is 219 g/mol. The number of aliphatic hydroxyl groups is 2. The number of benzene rings is 1. The molecule has 0 amide bonds. The van der Waals surface area contributed by atoms with Gasteiger partial charge in [0.2, 0.25) is 5.82 Å². The van der Waals surface area contributed by atoms with Crippen LogP contribution in [-0.4, -0.2) is 21.2 Å². The topological polar surface area (TPSA) is 107 Å². The number of halogens is 1. The third-order valence-corrected chi connectivity index (χ3v) is 1.94. The molecule has 1 aromatic carbocycles. The molecule has 1 aromatic rings. The summed E-state index contributed by atoms with van der Waals surface area (Å²) in [6.45, 7) is 0. The lowest BCUT2D eigenvalue weighted by atomic mass is 10.0. The van der Waals surface area contributed by atoms with Gasteiger partial charge >= 0.3 is 5.69 Å². The molecular formula is C9H7FN2O4. The summed E-state index contributed by atoms with van der Waals surface area (Å²) in [6, 6.07) is 4.00. The lowest BCUT2D eigenvalue weighted by molar-refractivity contribution is -0.387. The van der Waals surface area contributed by atoms with Crippen LogP contribution < -0.4 is 0 Å². The summed E-state index contributed by atoms with van der Waals surface area (Å²) in [5, 5.41) is 37.1. The van der Waals surface area contributed by atoms with E-state index in [1.54, 1.807) is 0 Å². The predicted molar refractivity (Wildman–Crippen MR) is 49.6 cm³/mol. The van der Waals surface area contributed by atoms with Crippen molar-refractivity contribution >= 4 is 5.69 Å². The Bertz CT molecular complexity index is 457. The van der Waals surface area contributed by atoms with Crippen LogP contribution in [0.25, 0.3) is 0 Å². The first-order valence-corrected chi connectivity index (χ1v) is 4.17. The number of nitro benzene ring substituents is 1.